The number of aromatic carboxylic acids is 1. The van der Waals surface area contributed by atoms with Crippen LogP contribution in [0.25, 0.3) is 22.3 Å². The highest BCUT2D eigenvalue weighted by molar-refractivity contribution is 5.92. The fourth-order valence-electron chi connectivity index (χ4n) is 4.80. The average molecular weight is 589 g/mol. The van der Waals surface area contributed by atoms with Gasteiger partial charge in [0.2, 0.25) is 0 Å². The molecule has 11 heteroatoms. The summed E-state index contributed by atoms with van der Waals surface area (Å²) in [5, 5.41) is 9.46. The van der Waals surface area contributed by atoms with E-state index < -0.39 is 23.4 Å². The first-order valence-electron chi connectivity index (χ1n) is 13.8. The Balaban J connectivity index is 1.25. The van der Waals surface area contributed by atoms with Crippen LogP contribution in [0.15, 0.2) is 60.8 Å². The van der Waals surface area contributed by atoms with Gasteiger partial charge in [0.15, 0.2) is 0 Å². The summed E-state index contributed by atoms with van der Waals surface area (Å²) in [6, 6.07) is 12.8. The van der Waals surface area contributed by atoms with Gasteiger partial charge in [0.25, 0.3) is 0 Å². The third-order valence-corrected chi connectivity index (χ3v) is 7.23. The van der Waals surface area contributed by atoms with Crippen LogP contribution in [0, 0.1) is 24.4 Å². The van der Waals surface area contributed by atoms with Crippen molar-refractivity contribution >= 4 is 17.0 Å². The summed E-state index contributed by atoms with van der Waals surface area (Å²) in [7, 11) is 0. The Morgan fingerprint density at radius 2 is 1.79 bits per heavy atom. The Bertz CT molecular complexity index is 1840. The molecule has 43 heavy (non-hydrogen) atoms. The molecule has 0 unspecified atom stereocenters. The first-order chi connectivity index (χ1) is 20.7. The standard InChI is InChI=1S/C32H27F3N4O4/c1-18-2-3-20(24(33)12-18)17-43-32-36-9-8-27(38-32)23-16-25(34)21(13-26(23)35)15-30-37-28-7-4-19(31(40)41)14-29(28)39(30)10-11-42-22-5-6-22/h2-4,7-9,12-14,16,22H,5-6,10-11,15,17H2,1H3,(H,40,41). The molecule has 3 aromatic carbocycles. The molecule has 5 aromatic rings. The van der Waals surface area contributed by atoms with E-state index in [4.69, 9.17) is 9.47 Å². The molecule has 1 saturated carbocycles. The molecule has 0 bridgehead atoms. The lowest BCUT2D eigenvalue weighted by Crippen LogP contribution is -2.11. The van der Waals surface area contributed by atoms with E-state index in [2.05, 4.69) is 15.0 Å². The summed E-state index contributed by atoms with van der Waals surface area (Å²) in [5.74, 6) is -2.43. The van der Waals surface area contributed by atoms with Crippen LogP contribution < -0.4 is 4.74 Å². The minimum Gasteiger partial charge on any atom is -0.478 e. The zero-order chi connectivity index (χ0) is 30.1. The van der Waals surface area contributed by atoms with Crippen LogP contribution in [0.2, 0.25) is 0 Å². The van der Waals surface area contributed by atoms with Crippen molar-refractivity contribution < 1.29 is 32.5 Å². The number of rotatable bonds is 11. The fraction of sp³-hybridized carbons (Fsp3) is 0.250. The van der Waals surface area contributed by atoms with Gasteiger partial charge >= 0.3 is 12.0 Å². The summed E-state index contributed by atoms with van der Waals surface area (Å²) in [6.45, 7) is 2.40. The maximum absolute atomic E-state index is 15.4. The van der Waals surface area contributed by atoms with Gasteiger partial charge in [0.1, 0.15) is 29.9 Å². The molecule has 8 nitrogen and oxygen atoms in total. The van der Waals surface area contributed by atoms with Crippen LogP contribution in [0.3, 0.4) is 0 Å². The third kappa shape index (κ3) is 6.36. The summed E-state index contributed by atoms with van der Waals surface area (Å²) in [6.07, 6.45) is 3.55. The summed E-state index contributed by atoms with van der Waals surface area (Å²) < 4.78 is 58.1. The highest BCUT2D eigenvalue weighted by atomic mass is 19.1. The molecule has 2 aromatic heterocycles. The maximum Gasteiger partial charge on any atom is 0.335 e. The largest absolute Gasteiger partial charge is 0.478 e. The summed E-state index contributed by atoms with van der Waals surface area (Å²) in [5.41, 5.74) is 2.38. The number of imidazole rings is 1. The second-order valence-corrected chi connectivity index (χ2v) is 10.5. The molecule has 1 aliphatic rings. The van der Waals surface area contributed by atoms with Crippen molar-refractivity contribution in [2.75, 3.05) is 6.61 Å². The molecular formula is C32H27F3N4O4. The molecule has 0 spiro atoms. The molecule has 220 valence electrons. The van der Waals surface area contributed by atoms with E-state index in [1.807, 2.05) is 0 Å². The number of benzene rings is 3. The molecule has 0 amide bonds. The minimum absolute atomic E-state index is 0.0379. The second kappa shape index (κ2) is 11.8. The van der Waals surface area contributed by atoms with E-state index in [9.17, 15) is 14.3 Å². The zero-order valence-electron chi connectivity index (χ0n) is 23.2. The predicted molar refractivity (Wildman–Crippen MR) is 151 cm³/mol. The maximum atomic E-state index is 15.4. The monoisotopic (exact) mass is 588 g/mol. The van der Waals surface area contributed by atoms with Crippen molar-refractivity contribution in [1.29, 1.82) is 0 Å². The average Bonchev–Trinajstić information content (AvgIpc) is 3.75. The van der Waals surface area contributed by atoms with E-state index >= 15 is 8.78 Å². The SMILES string of the molecule is Cc1ccc(COc2nccc(-c3cc(F)c(Cc4nc5ccc(C(=O)O)cc5n4CCOC4CC4)cc3F)n2)c(F)c1. The van der Waals surface area contributed by atoms with Crippen LogP contribution in [0.5, 0.6) is 6.01 Å². The van der Waals surface area contributed by atoms with Gasteiger partial charge in [-0.25, -0.2) is 27.9 Å². The third-order valence-electron chi connectivity index (χ3n) is 7.23. The van der Waals surface area contributed by atoms with Gasteiger partial charge in [0.05, 0.1) is 35.0 Å². The molecule has 0 radical (unpaired) electrons. The number of hydrogen-bond donors (Lipinski definition) is 1. The zero-order valence-corrected chi connectivity index (χ0v) is 23.2. The second-order valence-electron chi connectivity index (χ2n) is 10.5. The van der Waals surface area contributed by atoms with Crippen molar-refractivity contribution in [2.45, 2.75) is 45.4 Å². The molecular weight excluding hydrogens is 561 g/mol. The molecule has 1 aliphatic carbocycles. The van der Waals surface area contributed by atoms with Gasteiger partial charge in [-0.05, 0) is 73.4 Å². The lowest BCUT2D eigenvalue weighted by molar-refractivity contribution is 0.0697. The molecule has 1 fully saturated rings. The molecule has 0 aliphatic heterocycles. The van der Waals surface area contributed by atoms with Gasteiger partial charge in [-0.1, -0.05) is 12.1 Å². The number of carbonyl (C=O) groups is 1. The minimum atomic E-state index is -1.07. The Kier molecular flexibility index (Phi) is 7.81. The van der Waals surface area contributed by atoms with Crippen molar-refractivity contribution in [3.05, 3.63) is 106 Å². The number of carboxylic acids is 1. The number of nitrogens with zero attached hydrogens (tertiary/aromatic N) is 4. The fourth-order valence-corrected chi connectivity index (χ4v) is 4.80. The number of aryl methyl sites for hydroxylation is 1. The number of aromatic nitrogens is 4. The van der Waals surface area contributed by atoms with Crippen LogP contribution in [-0.4, -0.2) is 43.3 Å². The van der Waals surface area contributed by atoms with Crippen molar-refractivity contribution in [3.63, 3.8) is 0 Å². The van der Waals surface area contributed by atoms with Gasteiger partial charge < -0.3 is 19.1 Å². The van der Waals surface area contributed by atoms with Crippen LogP contribution in [0.1, 0.15) is 45.7 Å². The van der Waals surface area contributed by atoms with Crippen LogP contribution >= 0.6 is 0 Å². The molecule has 0 atom stereocenters. The summed E-state index contributed by atoms with van der Waals surface area (Å²) >= 11 is 0. The number of ether oxygens (including phenoxy) is 2. The van der Waals surface area contributed by atoms with E-state index in [-0.39, 0.29) is 47.5 Å². The first-order valence-corrected chi connectivity index (χ1v) is 13.8. The van der Waals surface area contributed by atoms with Crippen molar-refractivity contribution in [3.8, 4) is 17.3 Å². The topological polar surface area (TPSA) is 99.4 Å². The van der Waals surface area contributed by atoms with Crippen LogP contribution in [-0.2, 0) is 24.3 Å². The first kappa shape index (κ1) is 28.4. The van der Waals surface area contributed by atoms with Gasteiger partial charge in [-0.3, -0.25) is 0 Å². The Morgan fingerprint density at radius 3 is 2.56 bits per heavy atom. The van der Waals surface area contributed by atoms with Crippen molar-refractivity contribution in [2.24, 2.45) is 0 Å². The predicted octanol–water partition coefficient (Wildman–Crippen LogP) is 6.27. The van der Waals surface area contributed by atoms with Gasteiger partial charge in [-0.2, -0.15) is 4.98 Å². The van der Waals surface area contributed by atoms with Crippen LogP contribution in [0.4, 0.5) is 13.2 Å². The Hall–Kier alpha value is -4.77. The molecule has 6 rings (SSSR count). The lowest BCUT2D eigenvalue weighted by atomic mass is 10.0. The molecule has 2 heterocycles. The van der Waals surface area contributed by atoms with Gasteiger partial charge in [0, 0.05) is 30.3 Å². The van der Waals surface area contributed by atoms with E-state index in [0.717, 1.165) is 30.5 Å². The highest BCUT2D eigenvalue weighted by Gasteiger charge is 2.23. The molecule has 0 saturated heterocycles. The Morgan fingerprint density at radius 1 is 0.977 bits per heavy atom. The normalized spacial score (nSPS) is 13.0. The van der Waals surface area contributed by atoms with E-state index in [1.165, 1.54) is 30.5 Å². The summed E-state index contributed by atoms with van der Waals surface area (Å²) in [4.78, 5) is 24.4. The highest BCUT2D eigenvalue weighted by Crippen LogP contribution is 2.28. The smallest absolute Gasteiger partial charge is 0.335 e. The van der Waals surface area contributed by atoms with E-state index in [0.29, 0.717) is 35.6 Å². The number of halogens is 3. The molecule has 1 N–H and O–H groups in total. The van der Waals surface area contributed by atoms with Crippen molar-refractivity contribution in [1.82, 2.24) is 19.5 Å². The number of fused-ring (bicyclic) bond motifs is 1. The Labute approximate surface area is 244 Å². The number of hydrogen-bond acceptors (Lipinski definition) is 6. The quantitative estimate of drug-likeness (QED) is 0.194. The lowest BCUT2D eigenvalue weighted by Gasteiger charge is -2.12. The van der Waals surface area contributed by atoms with E-state index in [1.54, 1.807) is 29.7 Å². The van der Waals surface area contributed by atoms with Gasteiger partial charge in [-0.15, -0.1) is 0 Å². The number of carboxylic acid groups (broad SMARTS) is 1.